The molecule has 1 aromatic rings. The van der Waals surface area contributed by atoms with Crippen molar-refractivity contribution in [3.63, 3.8) is 0 Å². The quantitative estimate of drug-likeness (QED) is 0.900. The molecular weight excluding hydrogens is 232 g/mol. The zero-order chi connectivity index (χ0) is 13.7. The van der Waals surface area contributed by atoms with Gasteiger partial charge >= 0.3 is 0 Å². The van der Waals surface area contributed by atoms with Crippen molar-refractivity contribution in [3.05, 3.63) is 34.9 Å². The van der Waals surface area contributed by atoms with Crippen molar-refractivity contribution in [3.8, 4) is 0 Å². The summed E-state index contributed by atoms with van der Waals surface area (Å²) in [6, 6.07) is 7.18. The average molecular weight is 260 g/mol. The maximum atomic E-state index is 6.09. The van der Waals surface area contributed by atoms with Gasteiger partial charge in [0, 0.05) is 12.6 Å². The van der Waals surface area contributed by atoms with E-state index in [1.54, 1.807) is 0 Å². The summed E-state index contributed by atoms with van der Waals surface area (Å²) in [4.78, 5) is 2.61. The van der Waals surface area contributed by atoms with Crippen LogP contribution in [0.1, 0.15) is 54.8 Å². The number of benzene rings is 1. The summed E-state index contributed by atoms with van der Waals surface area (Å²) >= 11 is 0. The number of likely N-dealkylation sites (tertiary alicyclic amines) is 1. The molecule has 2 nitrogen and oxygen atoms in total. The third kappa shape index (κ3) is 3.80. The molecule has 19 heavy (non-hydrogen) atoms. The number of hydrogen-bond donors (Lipinski definition) is 1. The van der Waals surface area contributed by atoms with E-state index in [0.29, 0.717) is 6.04 Å². The van der Waals surface area contributed by atoms with Crippen LogP contribution in [-0.4, -0.2) is 24.5 Å². The first kappa shape index (κ1) is 14.5. The van der Waals surface area contributed by atoms with Crippen LogP contribution in [0.5, 0.6) is 0 Å². The maximum Gasteiger partial charge on any atom is 0.0473 e. The molecule has 0 spiro atoms. The lowest BCUT2D eigenvalue weighted by atomic mass is 9.96. The van der Waals surface area contributed by atoms with Gasteiger partial charge in [0.2, 0.25) is 0 Å². The molecule has 1 aromatic carbocycles. The number of hydrogen-bond acceptors (Lipinski definition) is 2. The van der Waals surface area contributed by atoms with Gasteiger partial charge in [-0.15, -0.1) is 0 Å². The van der Waals surface area contributed by atoms with Crippen molar-refractivity contribution in [1.82, 2.24) is 4.90 Å². The molecule has 2 rings (SSSR count). The molecular formula is C17H28N2. The lowest BCUT2D eigenvalue weighted by Gasteiger charge is -2.33. The van der Waals surface area contributed by atoms with Crippen molar-refractivity contribution in [1.29, 1.82) is 0 Å². The Kier molecular flexibility index (Phi) is 5.41. The topological polar surface area (TPSA) is 29.3 Å². The van der Waals surface area contributed by atoms with Crippen molar-refractivity contribution in [2.75, 3.05) is 19.6 Å². The van der Waals surface area contributed by atoms with E-state index >= 15 is 0 Å². The van der Waals surface area contributed by atoms with Crippen LogP contribution in [0.3, 0.4) is 0 Å². The summed E-state index contributed by atoms with van der Waals surface area (Å²) in [5.74, 6) is 0. The molecule has 0 saturated carbocycles. The SMILES string of the molecule is Cc1ccc(C(CN)N2CCCCCCC2)c(C)c1. The third-order valence-electron chi connectivity index (χ3n) is 4.34. The lowest BCUT2D eigenvalue weighted by molar-refractivity contribution is 0.183. The molecule has 2 heteroatoms. The van der Waals surface area contributed by atoms with Crippen LogP contribution in [0.25, 0.3) is 0 Å². The normalized spacial score (nSPS) is 19.7. The second kappa shape index (κ2) is 7.06. The standard InChI is InChI=1S/C17H28N2/c1-14-8-9-16(15(2)12-14)17(13-18)19-10-6-4-3-5-7-11-19/h8-9,12,17H,3-7,10-11,13,18H2,1-2H3. The minimum absolute atomic E-state index is 0.402. The van der Waals surface area contributed by atoms with E-state index in [0.717, 1.165) is 6.54 Å². The molecule has 1 atom stereocenters. The summed E-state index contributed by atoms with van der Waals surface area (Å²) in [6.07, 6.45) is 6.80. The summed E-state index contributed by atoms with van der Waals surface area (Å²) < 4.78 is 0. The number of nitrogens with two attached hydrogens (primary N) is 1. The highest BCUT2D eigenvalue weighted by atomic mass is 15.2. The van der Waals surface area contributed by atoms with Crippen LogP contribution in [0.15, 0.2) is 18.2 Å². The summed E-state index contributed by atoms with van der Waals surface area (Å²) in [5, 5.41) is 0. The van der Waals surface area contributed by atoms with E-state index in [4.69, 9.17) is 5.73 Å². The molecule has 0 radical (unpaired) electrons. The van der Waals surface area contributed by atoms with E-state index in [2.05, 4.69) is 36.9 Å². The zero-order valence-electron chi connectivity index (χ0n) is 12.5. The fraction of sp³-hybridized carbons (Fsp3) is 0.647. The Balaban J connectivity index is 2.17. The average Bonchev–Trinajstić information content (AvgIpc) is 2.34. The van der Waals surface area contributed by atoms with Gasteiger partial charge in [-0.25, -0.2) is 0 Å². The van der Waals surface area contributed by atoms with E-state index < -0.39 is 0 Å². The van der Waals surface area contributed by atoms with E-state index in [9.17, 15) is 0 Å². The van der Waals surface area contributed by atoms with Gasteiger partial charge in [-0.1, -0.05) is 43.0 Å². The van der Waals surface area contributed by atoms with Crippen LogP contribution < -0.4 is 5.73 Å². The third-order valence-corrected chi connectivity index (χ3v) is 4.34. The van der Waals surface area contributed by atoms with Crippen molar-refractivity contribution < 1.29 is 0 Å². The minimum atomic E-state index is 0.402. The summed E-state index contributed by atoms with van der Waals surface area (Å²) in [7, 11) is 0. The molecule has 1 fully saturated rings. The van der Waals surface area contributed by atoms with E-state index in [-0.39, 0.29) is 0 Å². The molecule has 0 bridgehead atoms. The Morgan fingerprint density at radius 2 is 1.68 bits per heavy atom. The second-order valence-corrected chi connectivity index (χ2v) is 5.92. The smallest absolute Gasteiger partial charge is 0.0473 e. The van der Waals surface area contributed by atoms with Crippen LogP contribution >= 0.6 is 0 Å². The molecule has 1 aliphatic rings. The number of aryl methyl sites for hydroxylation is 2. The highest BCUT2D eigenvalue weighted by molar-refractivity contribution is 5.33. The molecule has 1 aliphatic heterocycles. The van der Waals surface area contributed by atoms with Gasteiger partial charge < -0.3 is 5.73 Å². The van der Waals surface area contributed by atoms with Crippen molar-refractivity contribution in [2.45, 2.75) is 52.0 Å². The maximum absolute atomic E-state index is 6.09. The lowest BCUT2D eigenvalue weighted by Crippen LogP contribution is -2.36. The van der Waals surface area contributed by atoms with Crippen LogP contribution in [0.2, 0.25) is 0 Å². The van der Waals surface area contributed by atoms with Gasteiger partial charge in [-0.3, -0.25) is 4.90 Å². The van der Waals surface area contributed by atoms with Crippen LogP contribution in [0.4, 0.5) is 0 Å². The molecule has 106 valence electrons. The largest absolute Gasteiger partial charge is 0.329 e. The predicted octanol–water partition coefficient (Wildman–Crippen LogP) is 3.57. The van der Waals surface area contributed by atoms with Crippen molar-refractivity contribution >= 4 is 0 Å². The minimum Gasteiger partial charge on any atom is -0.329 e. The summed E-state index contributed by atoms with van der Waals surface area (Å²) in [6.45, 7) is 7.51. The highest BCUT2D eigenvalue weighted by Gasteiger charge is 2.20. The Labute approximate surface area is 118 Å². The van der Waals surface area contributed by atoms with E-state index in [1.807, 2.05) is 0 Å². The Morgan fingerprint density at radius 1 is 1.05 bits per heavy atom. The molecule has 0 aromatic heterocycles. The fourth-order valence-corrected chi connectivity index (χ4v) is 3.26. The Hall–Kier alpha value is -0.860. The Bertz CT molecular complexity index is 392. The molecule has 0 aliphatic carbocycles. The van der Waals surface area contributed by atoms with Gasteiger partial charge in [0.15, 0.2) is 0 Å². The van der Waals surface area contributed by atoms with Gasteiger partial charge in [-0.05, 0) is 50.9 Å². The van der Waals surface area contributed by atoms with E-state index in [1.165, 1.54) is 61.9 Å². The number of nitrogens with zero attached hydrogens (tertiary/aromatic N) is 1. The van der Waals surface area contributed by atoms with Gasteiger partial charge in [0.1, 0.15) is 0 Å². The van der Waals surface area contributed by atoms with Crippen LogP contribution in [0, 0.1) is 13.8 Å². The molecule has 0 amide bonds. The molecule has 1 saturated heterocycles. The highest BCUT2D eigenvalue weighted by Crippen LogP contribution is 2.26. The van der Waals surface area contributed by atoms with Gasteiger partial charge in [0.25, 0.3) is 0 Å². The Morgan fingerprint density at radius 3 is 2.26 bits per heavy atom. The monoisotopic (exact) mass is 260 g/mol. The van der Waals surface area contributed by atoms with Crippen molar-refractivity contribution in [2.24, 2.45) is 5.73 Å². The first-order valence-corrected chi connectivity index (χ1v) is 7.73. The fourth-order valence-electron chi connectivity index (χ4n) is 3.26. The number of rotatable bonds is 3. The summed E-state index contributed by atoms with van der Waals surface area (Å²) in [5.41, 5.74) is 10.2. The van der Waals surface area contributed by atoms with Crippen LogP contribution in [-0.2, 0) is 0 Å². The molecule has 2 N–H and O–H groups in total. The van der Waals surface area contributed by atoms with Gasteiger partial charge in [0.05, 0.1) is 0 Å². The first-order valence-electron chi connectivity index (χ1n) is 7.73. The zero-order valence-corrected chi connectivity index (χ0v) is 12.5. The predicted molar refractivity (Wildman–Crippen MR) is 82.4 cm³/mol. The molecule has 1 heterocycles. The second-order valence-electron chi connectivity index (χ2n) is 5.92. The first-order chi connectivity index (χ1) is 9.22. The molecule has 1 unspecified atom stereocenters. The van der Waals surface area contributed by atoms with Gasteiger partial charge in [-0.2, -0.15) is 0 Å².